The average molecular weight is 135 g/mol. The third kappa shape index (κ3) is 1.17. The van der Waals surface area contributed by atoms with Crippen LogP contribution in [-0.4, -0.2) is 0 Å². The maximum absolute atomic E-state index is 4.98. The Morgan fingerprint density at radius 2 is 2.10 bits per heavy atom. The van der Waals surface area contributed by atoms with Crippen LogP contribution in [0, 0.1) is 0 Å². The van der Waals surface area contributed by atoms with Crippen molar-refractivity contribution in [2.45, 2.75) is 0 Å². The van der Waals surface area contributed by atoms with E-state index in [1.807, 2.05) is 18.2 Å². The normalized spacial score (nSPS) is 8.90. The van der Waals surface area contributed by atoms with Crippen molar-refractivity contribution < 1.29 is 4.84 Å². The zero-order valence-electron chi connectivity index (χ0n) is 5.58. The van der Waals surface area contributed by atoms with E-state index in [0.717, 1.165) is 5.56 Å². The van der Waals surface area contributed by atoms with Gasteiger partial charge in [-0.05, 0) is 6.07 Å². The molecule has 1 aromatic rings. The third-order valence-electron chi connectivity index (χ3n) is 1.27. The predicted molar refractivity (Wildman–Crippen MR) is 41.3 cm³/mol. The molecule has 2 nitrogen and oxygen atoms in total. The van der Waals surface area contributed by atoms with E-state index in [1.165, 1.54) is 0 Å². The van der Waals surface area contributed by atoms with Crippen molar-refractivity contribution in [3.63, 3.8) is 0 Å². The molecular weight excluding hydrogens is 126 g/mol. The fourth-order valence-corrected chi connectivity index (χ4v) is 0.756. The van der Waals surface area contributed by atoms with Gasteiger partial charge < -0.3 is 4.84 Å². The Morgan fingerprint density at radius 3 is 2.60 bits per heavy atom. The van der Waals surface area contributed by atoms with E-state index in [1.54, 1.807) is 12.1 Å². The minimum absolute atomic E-state index is 0.650. The Labute approximate surface area is 59.9 Å². The number of nitrogens with two attached hydrogens (primary N) is 1. The molecule has 0 aliphatic heterocycles. The monoisotopic (exact) mass is 135 g/mol. The molecule has 0 aliphatic carbocycles. The second-order valence-electron chi connectivity index (χ2n) is 1.86. The molecule has 0 saturated heterocycles. The molecule has 0 unspecified atom stereocenters. The summed E-state index contributed by atoms with van der Waals surface area (Å²) in [7, 11) is 0. The molecule has 0 bridgehead atoms. The predicted octanol–water partition coefficient (Wildman–Crippen LogP) is 1.58. The summed E-state index contributed by atoms with van der Waals surface area (Å²) in [6, 6.07) is 7.43. The molecule has 10 heavy (non-hydrogen) atoms. The minimum Gasteiger partial charge on any atom is -0.411 e. The molecule has 0 atom stereocenters. The lowest BCUT2D eigenvalue weighted by atomic mass is 10.2. The maximum Gasteiger partial charge on any atom is 0.154 e. The summed E-state index contributed by atoms with van der Waals surface area (Å²) in [6.45, 7) is 3.60. The van der Waals surface area contributed by atoms with Gasteiger partial charge in [-0.15, -0.1) is 0 Å². The number of hydrogen-bond donors (Lipinski definition) is 1. The number of para-hydroxylation sites is 1. The Kier molecular flexibility index (Phi) is 2.07. The lowest BCUT2D eigenvalue weighted by Crippen LogP contribution is -2.02. The lowest BCUT2D eigenvalue weighted by Gasteiger charge is -2.00. The van der Waals surface area contributed by atoms with Crippen molar-refractivity contribution in [2.75, 3.05) is 0 Å². The molecule has 0 heterocycles. The van der Waals surface area contributed by atoms with Crippen molar-refractivity contribution >= 4 is 6.08 Å². The molecule has 0 fully saturated rings. The third-order valence-corrected chi connectivity index (χ3v) is 1.27. The van der Waals surface area contributed by atoms with Crippen LogP contribution in [-0.2, 0) is 0 Å². The fraction of sp³-hybridized carbons (Fsp3) is 0. The van der Waals surface area contributed by atoms with Crippen molar-refractivity contribution in [2.24, 2.45) is 5.90 Å². The smallest absolute Gasteiger partial charge is 0.154 e. The molecule has 0 spiro atoms. The summed E-state index contributed by atoms with van der Waals surface area (Å²) in [5, 5.41) is 0. The first-order valence-electron chi connectivity index (χ1n) is 2.96. The van der Waals surface area contributed by atoms with E-state index >= 15 is 0 Å². The Morgan fingerprint density at radius 1 is 1.40 bits per heavy atom. The van der Waals surface area contributed by atoms with Gasteiger partial charge in [0.1, 0.15) is 0 Å². The van der Waals surface area contributed by atoms with Gasteiger partial charge in [0.2, 0.25) is 0 Å². The zero-order chi connectivity index (χ0) is 7.40. The SMILES string of the molecule is C=Cc1ccccc1ON. The van der Waals surface area contributed by atoms with Crippen molar-refractivity contribution in [3.8, 4) is 5.75 Å². The zero-order valence-corrected chi connectivity index (χ0v) is 5.58. The Bertz CT molecular complexity index is 232. The highest BCUT2D eigenvalue weighted by Crippen LogP contribution is 2.16. The molecule has 1 aromatic carbocycles. The van der Waals surface area contributed by atoms with Crippen molar-refractivity contribution in [1.29, 1.82) is 0 Å². The van der Waals surface area contributed by atoms with Crippen LogP contribution in [0.3, 0.4) is 0 Å². The summed E-state index contributed by atoms with van der Waals surface area (Å²) in [5.41, 5.74) is 0.907. The van der Waals surface area contributed by atoms with Gasteiger partial charge in [0.25, 0.3) is 0 Å². The van der Waals surface area contributed by atoms with Crippen molar-refractivity contribution in [3.05, 3.63) is 36.4 Å². The lowest BCUT2D eigenvalue weighted by molar-refractivity contribution is 0.334. The quantitative estimate of drug-likeness (QED) is 0.625. The Balaban J connectivity index is 3.08. The average Bonchev–Trinajstić information content (AvgIpc) is 2.04. The van der Waals surface area contributed by atoms with Crippen LogP contribution in [0.15, 0.2) is 30.8 Å². The number of rotatable bonds is 2. The van der Waals surface area contributed by atoms with Crippen LogP contribution in [0.25, 0.3) is 6.08 Å². The van der Waals surface area contributed by atoms with Crippen LogP contribution in [0.2, 0.25) is 0 Å². The van der Waals surface area contributed by atoms with Gasteiger partial charge in [-0.2, -0.15) is 5.90 Å². The second-order valence-corrected chi connectivity index (χ2v) is 1.86. The molecular formula is C8H9NO. The first-order valence-corrected chi connectivity index (χ1v) is 2.96. The van der Waals surface area contributed by atoms with Gasteiger partial charge in [-0.25, -0.2) is 0 Å². The van der Waals surface area contributed by atoms with Crippen LogP contribution < -0.4 is 10.7 Å². The van der Waals surface area contributed by atoms with E-state index in [2.05, 4.69) is 11.4 Å². The number of benzene rings is 1. The summed E-state index contributed by atoms with van der Waals surface area (Å²) in [5.74, 6) is 5.63. The molecule has 2 N–H and O–H groups in total. The minimum atomic E-state index is 0.650. The summed E-state index contributed by atoms with van der Waals surface area (Å²) < 4.78 is 0. The van der Waals surface area contributed by atoms with E-state index in [4.69, 9.17) is 5.90 Å². The highest BCUT2D eigenvalue weighted by molar-refractivity contribution is 5.55. The summed E-state index contributed by atoms with van der Waals surface area (Å²) >= 11 is 0. The van der Waals surface area contributed by atoms with Crippen LogP contribution in [0.4, 0.5) is 0 Å². The molecule has 52 valence electrons. The first kappa shape index (κ1) is 6.83. The maximum atomic E-state index is 4.98. The van der Waals surface area contributed by atoms with Crippen molar-refractivity contribution in [1.82, 2.24) is 0 Å². The largest absolute Gasteiger partial charge is 0.411 e. The second kappa shape index (κ2) is 3.03. The standard InChI is InChI=1S/C8H9NO/c1-2-7-5-3-4-6-8(7)10-9/h2-6H,1,9H2. The topological polar surface area (TPSA) is 35.2 Å². The van der Waals surface area contributed by atoms with Gasteiger partial charge in [-0.3, -0.25) is 0 Å². The fourth-order valence-electron chi connectivity index (χ4n) is 0.756. The van der Waals surface area contributed by atoms with Gasteiger partial charge in [0, 0.05) is 5.56 Å². The molecule has 2 heteroatoms. The molecule has 0 amide bonds. The van der Waals surface area contributed by atoms with E-state index in [-0.39, 0.29) is 0 Å². The molecule has 0 radical (unpaired) electrons. The van der Waals surface area contributed by atoms with Gasteiger partial charge in [-0.1, -0.05) is 30.9 Å². The van der Waals surface area contributed by atoms with Gasteiger partial charge >= 0.3 is 0 Å². The van der Waals surface area contributed by atoms with Crippen LogP contribution in [0.1, 0.15) is 5.56 Å². The van der Waals surface area contributed by atoms with E-state index in [0.29, 0.717) is 5.75 Å². The van der Waals surface area contributed by atoms with Gasteiger partial charge in [0.05, 0.1) is 0 Å². The molecule has 1 rings (SSSR count). The highest BCUT2D eigenvalue weighted by atomic mass is 16.6. The molecule has 0 aliphatic rings. The Hall–Kier alpha value is -1.28. The molecule has 0 saturated carbocycles. The van der Waals surface area contributed by atoms with E-state index in [9.17, 15) is 0 Å². The first-order chi connectivity index (χ1) is 4.88. The van der Waals surface area contributed by atoms with Crippen LogP contribution >= 0.6 is 0 Å². The van der Waals surface area contributed by atoms with Crippen LogP contribution in [0.5, 0.6) is 5.75 Å². The number of hydrogen-bond acceptors (Lipinski definition) is 2. The highest BCUT2D eigenvalue weighted by Gasteiger charge is 1.94. The summed E-state index contributed by atoms with van der Waals surface area (Å²) in [4.78, 5) is 4.56. The molecule has 0 aromatic heterocycles. The van der Waals surface area contributed by atoms with E-state index < -0.39 is 0 Å². The van der Waals surface area contributed by atoms with Gasteiger partial charge in [0.15, 0.2) is 5.75 Å². The summed E-state index contributed by atoms with van der Waals surface area (Å²) in [6.07, 6.45) is 1.70.